The maximum absolute atomic E-state index is 12.6. The second kappa shape index (κ2) is 9.01. The highest BCUT2D eigenvalue weighted by Crippen LogP contribution is 2.32. The Labute approximate surface area is 150 Å². The molecule has 1 heterocycles. The van der Waals surface area contributed by atoms with E-state index < -0.39 is 9.84 Å². The molecule has 0 spiro atoms. The summed E-state index contributed by atoms with van der Waals surface area (Å²) in [7, 11) is -3.02. The molecule has 0 radical (unpaired) electrons. The third-order valence-corrected chi connectivity index (χ3v) is 6.67. The normalized spacial score (nSPS) is 28.2. The highest BCUT2D eigenvalue weighted by atomic mass is 35.5. The molecule has 3 atom stereocenters. The molecule has 2 amide bonds. The van der Waals surface area contributed by atoms with Crippen molar-refractivity contribution in [3.8, 4) is 0 Å². The number of sulfone groups is 1. The predicted octanol–water partition coefficient (Wildman–Crippen LogP) is -0.0650. The van der Waals surface area contributed by atoms with E-state index in [4.69, 9.17) is 5.73 Å². The lowest BCUT2D eigenvalue weighted by Crippen LogP contribution is -2.47. The van der Waals surface area contributed by atoms with Gasteiger partial charge in [-0.1, -0.05) is 6.42 Å². The molecule has 1 aliphatic heterocycles. The lowest BCUT2D eigenvalue weighted by Gasteiger charge is -2.27. The Bertz CT molecular complexity index is 555. The van der Waals surface area contributed by atoms with Gasteiger partial charge in [-0.25, -0.2) is 8.42 Å². The predicted molar refractivity (Wildman–Crippen MR) is 94.6 cm³/mol. The molecule has 1 saturated carbocycles. The number of likely N-dealkylation sites (N-methyl/N-ethyl adjacent to an activating group) is 1. The number of halogens is 1. The fourth-order valence-corrected chi connectivity index (χ4v) is 5.25. The molecular formula is C15H28ClN3O4S. The number of hydrogen-bond donors (Lipinski definition) is 2. The number of nitrogens with one attached hydrogen (secondary N) is 1. The van der Waals surface area contributed by atoms with Gasteiger partial charge >= 0.3 is 0 Å². The number of amides is 2. The van der Waals surface area contributed by atoms with Crippen LogP contribution in [0.15, 0.2) is 0 Å². The van der Waals surface area contributed by atoms with E-state index in [2.05, 4.69) is 5.32 Å². The van der Waals surface area contributed by atoms with E-state index in [9.17, 15) is 18.0 Å². The Morgan fingerprint density at radius 1 is 1.25 bits per heavy atom. The monoisotopic (exact) mass is 381 g/mol. The summed E-state index contributed by atoms with van der Waals surface area (Å²) < 4.78 is 22.8. The number of rotatable bonds is 6. The van der Waals surface area contributed by atoms with Crippen molar-refractivity contribution in [2.75, 3.05) is 31.1 Å². The first-order valence-corrected chi connectivity index (χ1v) is 10.2. The molecule has 140 valence electrons. The van der Waals surface area contributed by atoms with Crippen LogP contribution in [0.5, 0.6) is 0 Å². The third kappa shape index (κ3) is 5.32. The number of nitrogens with two attached hydrogens (primary N) is 1. The molecule has 0 bridgehead atoms. The standard InChI is InChI=1S/C15H27N3O4S.ClH/c1-2-18(15(20)13-5-3-4-11(13)8-16)9-14(19)17-12-6-7-23(21,22)10-12;/h11-13H,2-10,16H2,1H3,(H,17,19);1H/t11-,12?,13-;/m1./s1. The van der Waals surface area contributed by atoms with Gasteiger partial charge in [0.15, 0.2) is 9.84 Å². The summed E-state index contributed by atoms with van der Waals surface area (Å²) in [5.41, 5.74) is 5.73. The van der Waals surface area contributed by atoms with Crippen LogP contribution in [0.2, 0.25) is 0 Å². The molecular weight excluding hydrogens is 354 g/mol. The molecule has 1 saturated heterocycles. The molecule has 0 aromatic heterocycles. The highest BCUT2D eigenvalue weighted by Gasteiger charge is 2.35. The Hall–Kier alpha value is -0.860. The number of hydrogen-bond acceptors (Lipinski definition) is 5. The van der Waals surface area contributed by atoms with E-state index in [0.717, 1.165) is 19.3 Å². The van der Waals surface area contributed by atoms with Crippen LogP contribution in [0.4, 0.5) is 0 Å². The van der Waals surface area contributed by atoms with Gasteiger partial charge in [0, 0.05) is 18.5 Å². The van der Waals surface area contributed by atoms with Crippen molar-refractivity contribution in [3.63, 3.8) is 0 Å². The van der Waals surface area contributed by atoms with Crippen LogP contribution < -0.4 is 11.1 Å². The molecule has 2 rings (SSSR count). The highest BCUT2D eigenvalue weighted by molar-refractivity contribution is 7.91. The average molecular weight is 382 g/mol. The van der Waals surface area contributed by atoms with E-state index in [1.54, 1.807) is 4.90 Å². The van der Waals surface area contributed by atoms with Gasteiger partial charge in [-0.05, 0) is 38.6 Å². The minimum Gasteiger partial charge on any atom is -0.351 e. The topological polar surface area (TPSA) is 110 Å². The van der Waals surface area contributed by atoms with Crippen LogP contribution in [0, 0.1) is 11.8 Å². The molecule has 2 fully saturated rings. The zero-order valence-electron chi connectivity index (χ0n) is 14.1. The summed E-state index contributed by atoms with van der Waals surface area (Å²) in [4.78, 5) is 26.3. The smallest absolute Gasteiger partial charge is 0.239 e. The molecule has 24 heavy (non-hydrogen) atoms. The van der Waals surface area contributed by atoms with Crippen molar-refractivity contribution in [2.24, 2.45) is 17.6 Å². The van der Waals surface area contributed by atoms with Crippen LogP contribution in [0.3, 0.4) is 0 Å². The maximum Gasteiger partial charge on any atom is 0.239 e. The van der Waals surface area contributed by atoms with Gasteiger partial charge in [0.25, 0.3) is 0 Å². The van der Waals surface area contributed by atoms with Gasteiger partial charge in [0.05, 0.1) is 18.1 Å². The first-order chi connectivity index (χ1) is 10.9. The van der Waals surface area contributed by atoms with Gasteiger partial charge in [-0.2, -0.15) is 0 Å². The molecule has 2 aliphatic rings. The van der Waals surface area contributed by atoms with Gasteiger partial charge < -0.3 is 16.0 Å². The summed E-state index contributed by atoms with van der Waals surface area (Å²) >= 11 is 0. The SMILES string of the molecule is CCN(CC(=O)NC1CCS(=O)(=O)C1)C(=O)[C@@H]1CCC[C@@H]1CN.Cl. The second-order valence-corrected chi connectivity index (χ2v) is 8.78. The fraction of sp³-hybridized carbons (Fsp3) is 0.867. The van der Waals surface area contributed by atoms with Gasteiger partial charge in [0.2, 0.25) is 11.8 Å². The summed E-state index contributed by atoms with van der Waals surface area (Å²) in [5, 5.41) is 2.73. The molecule has 1 unspecified atom stereocenters. The van der Waals surface area contributed by atoms with Crippen molar-refractivity contribution >= 4 is 34.1 Å². The molecule has 1 aliphatic carbocycles. The summed E-state index contributed by atoms with van der Waals surface area (Å²) in [5.74, 6) is -0.0517. The minimum absolute atomic E-state index is 0. The van der Waals surface area contributed by atoms with Gasteiger partial charge in [-0.15, -0.1) is 12.4 Å². The first-order valence-electron chi connectivity index (χ1n) is 8.35. The van der Waals surface area contributed by atoms with Crippen molar-refractivity contribution < 1.29 is 18.0 Å². The van der Waals surface area contributed by atoms with Crippen molar-refractivity contribution in [2.45, 2.75) is 38.6 Å². The zero-order chi connectivity index (χ0) is 17.0. The lowest BCUT2D eigenvalue weighted by molar-refractivity contribution is -0.140. The van der Waals surface area contributed by atoms with E-state index in [1.807, 2.05) is 6.92 Å². The lowest BCUT2D eigenvalue weighted by atomic mass is 9.94. The largest absolute Gasteiger partial charge is 0.351 e. The van der Waals surface area contributed by atoms with Gasteiger partial charge in [-0.3, -0.25) is 9.59 Å². The number of carbonyl (C=O) groups excluding carboxylic acids is 2. The molecule has 7 nitrogen and oxygen atoms in total. The molecule has 9 heteroatoms. The summed E-state index contributed by atoms with van der Waals surface area (Å²) in [6.07, 6.45) is 3.25. The number of carbonyl (C=O) groups is 2. The Balaban J connectivity index is 0.00000288. The summed E-state index contributed by atoms with van der Waals surface area (Å²) in [6, 6.07) is -0.329. The summed E-state index contributed by atoms with van der Waals surface area (Å²) in [6.45, 7) is 2.79. The average Bonchev–Trinajstić information content (AvgIpc) is 3.10. The Morgan fingerprint density at radius 2 is 1.96 bits per heavy atom. The van der Waals surface area contributed by atoms with E-state index in [-0.39, 0.29) is 60.1 Å². The number of nitrogens with zero attached hydrogens (tertiary/aromatic N) is 1. The fourth-order valence-electron chi connectivity index (χ4n) is 3.58. The molecule has 3 N–H and O–H groups in total. The van der Waals surface area contributed by atoms with Crippen molar-refractivity contribution in [1.29, 1.82) is 0 Å². The van der Waals surface area contributed by atoms with Crippen LogP contribution in [0.1, 0.15) is 32.6 Å². The Kier molecular flexibility index (Phi) is 7.95. The van der Waals surface area contributed by atoms with E-state index >= 15 is 0 Å². The van der Waals surface area contributed by atoms with Crippen LogP contribution >= 0.6 is 12.4 Å². The maximum atomic E-state index is 12.6. The molecule has 0 aromatic carbocycles. The van der Waals surface area contributed by atoms with Crippen LogP contribution in [0.25, 0.3) is 0 Å². The van der Waals surface area contributed by atoms with Crippen molar-refractivity contribution in [1.82, 2.24) is 10.2 Å². The van der Waals surface area contributed by atoms with Crippen molar-refractivity contribution in [3.05, 3.63) is 0 Å². The second-order valence-electron chi connectivity index (χ2n) is 6.55. The quantitative estimate of drug-likeness (QED) is 0.669. The first kappa shape index (κ1) is 21.2. The third-order valence-electron chi connectivity index (χ3n) is 4.90. The van der Waals surface area contributed by atoms with E-state index in [1.165, 1.54) is 0 Å². The minimum atomic E-state index is -3.02. The van der Waals surface area contributed by atoms with E-state index in [0.29, 0.717) is 19.5 Å². The van der Waals surface area contributed by atoms with Gasteiger partial charge in [0.1, 0.15) is 0 Å². The Morgan fingerprint density at radius 3 is 2.50 bits per heavy atom. The zero-order valence-corrected chi connectivity index (χ0v) is 15.7. The van der Waals surface area contributed by atoms with Crippen LogP contribution in [-0.2, 0) is 19.4 Å². The van der Waals surface area contributed by atoms with Crippen LogP contribution in [-0.4, -0.2) is 62.3 Å². The molecule has 0 aromatic rings.